The van der Waals surface area contributed by atoms with E-state index in [-0.39, 0.29) is 11.5 Å². The number of hydrogen-bond acceptors (Lipinski definition) is 4. The Hall–Kier alpha value is -0.290. The largest absolute Gasteiger partial charge is 0.510 e. The molecule has 4 nitrogen and oxygen atoms in total. The smallest absolute Gasteiger partial charge is 0.508 e. The minimum atomic E-state index is -1.91. The van der Waals surface area contributed by atoms with Gasteiger partial charge in [-0.3, -0.25) is 0 Å². The average molecular weight is 484 g/mol. The number of carbonyl (C=O) groups excluding carboxylic acids is 1. The molecule has 162 valence electrons. The van der Waals surface area contributed by atoms with Gasteiger partial charge in [-0.1, -0.05) is 58.9 Å². The quantitative estimate of drug-likeness (QED) is 0.337. The molecular weight excluding hydrogens is 458 g/mol. The second-order valence-electron chi connectivity index (χ2n) is 9.12. The zero-order valence-corrected chi connectivity index (χ0v) is 19.3. The van der Waals surface area contributed by atoms with Crippen molar-refractivity contribution in [3.63, 3.8) is 0 Å². The maximum atomic E-state index is 12.2. The van der Waals surface area contributed by atoms with Crippen LogP contribution in [-0.2, 0) is 9.47 Å². The van der Waals surface area contributed by atoms with Crippen LogP contribution in [0.2, 0.25) is 0 Å². The van der Waals surface area contributed by atoms with Gasteiger partial charge in [-0.25, -0.2) is 4.79 Å². The normalized spacial score (nSPS) is 40.0. The molecule has 0 saturated heterocycles. The summed E-state index contributed by atoms with van der Waals surface area (Å²) in [6.07, 6.45) is 9.90. The lowest BCUT2D eigenvalue weighted by Gasteiger charge is -2.53. The molecule has 7 atom stereocenters. The van der Waals surface area contributed by atoms with E-state index in [9.17, 15) is 9.90 Å². The van der Waals surface area contributed by atoms with Crippen molar-refractivity contribution in [3.05, 3.63) is 23.5 Å². The molecule has 0 heterocycles. The number of hydrogen-bond donors (Lipinski definition) is 1. The fourth-order valence-electron chi connectivity index (χ4n) is 6.47. The number of aliphatic hydroxyl groups is 1. The molecule has 0 spiro atoms. The number of carbonyl (C=O) groups is 1. The van der Waals surface area contributed by atoms with Crippen molar-refractivity contribution in [2.75, 3.05) is 0 Å². The van der Waals surface area contributed by atoms with Crippen LogP contribution in [0.3, 0.4) is 0 Å². The van der Waals surface area contributed by atoms with Crippen molar-refractivity contribution < 1.29 is 19.4 Å². The molecule has 5 unspecified atom stereocenters. The first-order valence-corrected chi connectivity index (χ1v) is 11.8. The van der Waals surface area contributed by atoms with Crippen molar-refractivity contribution in [1.29, 1.82) is 0 Å². The monoisotopic (exact) mass is 482 g/mol. The van der Waals surface area contributed by atoms with Crippen LogP contribution in [0.15, 0.2) is 23.5 Å². The zero-order chi connectivity index (χ0) is 21.0. The number of halogens is 4. The number of ether oxygens (including phenoxy) is 2. The summed E-state index contributed by atoms with van der Waals surface area (Å²) in [5.41, 5.74) is -0.0697. The zero-order valence-electron chi connectivity index (χ0n) is 16.3. The van der Waals surface area contributed by atoms with Crippen LogP contribution in [0.25, 0.3) is 0 Å². The number of alkyl halides is 4. The Kier molecular flexibility index (Phi) is 6.05. The second-order valence-corrected chi connectivity index (χ2v) is 11.9. The number of rotatable bonds is 2. The van der Waals surface area contributed by atoms with Crippen molar-refractivity contribution in [2.45, 2.75) is 67.3 Å². The summed E-state index contributed by atoms with van der Waals surface area (Å²) in [6.45, 7) is 2.24. The van der Waals surface area contributed by atoms with Gasteiger partial charge < -0.3 is 14.6 Å². The topological polar surface area (TPSA) is 55.8 Å². The highest BCUT2D eigenvalue weighted by Crippen LogP contribution is 2.62. The first kappa shape index (κ1) is 21.9. The molecule has 0 radical (unpaired) electrons. The molecule has 0 bridgehead atoms. The highest BCUT2D eigenvalue weighted by atomic mass is 35.6. The summed E-state index contributed by atoms with van der Waals surface area (Å²) >= 11 is 22.8. The molecule has 0 aromatic carbocycles. The molecule has 29 heavy (non-hydrogen) atoms. The lowest BCUT2D eigenvalue weighted by Crippen LogP contribution is -2.48. The van der Waals surface area contributed by atoms with Gasteiger partial charge in [-0.2, -0.15) is 0 Å². The molecule has 0 aromatic rings. The summed E-state index contributed by atoms with van der Waals surface area (Å²) in [5, 5.41) is 9.86. The second kappa shape index (κ2) is 8.00. The van der Waals surface area contributed by atoms with Crippen molar-refractivity contribution in [3.8, 4) is 0 Å². The van der Waals surface area contributed by atoms with Crippen LogP contribution < -0.4 is 0 Å². The van der Waals surface area contributed by atoms with E-state index in [1.165, 1.54) is 5.57 Å². The van der Waals surface area contributed by atoms with E-state index in [0.29, 0.717) is 29.4 Å². The summed E-state index contributed by atoms with van der Waals surface area (Å²) < 4.78 is 8.73. The maximum Gasteiger partial charge on any atom is 0.510 e. The maximum absolute atomic E-state index is 12.2. The molecule has 4 rings (SSSR count). The van der Waals surface area contributed by atoms with Crippen molar-refractivity contribution in [2.24, 2.45) is 29.1 Å². The predicted molar refractivity (Wildman–Crippen MR) is 114 cm³/mol. The minimum Gasteiger partial charge on any atom is -0.508 e. The predicted octanol–water partition coefficient (Wildman–Crippen LogP) is 7.07. The van der Waals surface area contributed by atoms with Gasteiger partial charge in [-0.05, 0) is 80.8 Å². The van der Waals surface area contributed by atoms with Crippen LogP contribution in [0.1, 0.15) is 51.9 Å². The van der Waals surface area contributed by atoms with E-state index in [2.05, 4.69) is 6.92 Å². The summed E-state index contributed by atoms with van der Waals surface area (Å²) in [6, 6.07) is 0. The summed E-state index contributed by atoms with van der Waals surface area (Å²) in [4.78, 5) is 12.2. The van der Waals surface area contributed by atoms with Gasteiger partial charge >= 0.3 is 6.16 Å². The van der Waals surface area contributed by atoms with Crippen LogP contribution in [0, 0.1) is 29.1 Å². The van der Waals surface area contributed by atoms with Gasteiger partial charge in [0.1, 0.15) is 11.9 Å². The molecule has 8 heteroatoms. The molecule has 4 aliphatic rings. The van der Waals surface area contributed by atoms with E-state index in [1.54, 1.807) is 0 Å². The van der Waals surface area contributed by atoms with Crippen LogP contribution >= 0.6 is 46.4 Å². The van der Waals surface area contributed by atoms with E-state index in [0.717, 1.165) is 44.9 Å². The standard InChI is InChI=1S/C21H26Cl4O4/c1-20-9-8-14-13-5-3-12(26)10-11(13)2-4-15(14)16(20)6-7-17(20)28-19(27)29-18(22)21(23,24)25/h3,10,13-18,26H,2,4-9H2,1H3/t13?,14?,15?,16?,17-,18?,20+/m0/s1. The third kappa shape index (κ3) is 4.12. The molecule has 0 aromatic heterocycles. The van der Waals surface area contributed by atoms with Crippen LogP contribution in [0.4, 0.5) is 4.79 Å². The lowest BCUT2D eigenvalue weighted by molar-refractivity contribution is -0.0734. The van der Waals surface area contributed by atoms with Crippen molar-refractivity contribution in [1.82, 2.24) is 0 Å². The third-order valence-corrected chi connectivity index (χ3v) is 9.12. The Bertz CT molecular complexity index is 731. The Labute approximate surface area is 191 Å². The van der Waals surface area contributed by atoms with Gasteiger partial charge in [0.15, 0.2) is 0 Å². The Morgan fingerprint density at radius 1 is 1.24 bits per heavy atom. The Morgan fingerprint density at radius 3 is 2.72 bits per heavy atom. The number of fused-ring (bicyclic) bond motifs is 5. The minimum absolute atomic E-state index is 0.0736. The summed E-state index contributed by atoms with van der Waals surface area (Å²) in [5.74, 6) is 2.73. The van der Waals surface area contributed by atoms with E-state index in [1.807, 2.05) is 12.2 Å². The first-order chi connectivity index (χ1) is 13.6. The molecule has 1 N–H and O–H groups in total. The highest BCUT2D eigenvalue weighted by Gasteiger charge is 2.57. The van der Waals surface area contributed by atoms with Gasteiger partial charge in [0.2, 0.25) is 9.36 Å². The summed E-state index contributed by atoms with van der Waals surface area (Å²) in [7, 11) is 0. The molecule has 4 aliphatic carbocycles. The highest BCUT2D eigenvalue weighted by molar-refractivity contribution is 6.70. The SMILES string of the molecule is C[C@@]12CCC3C4CC=C(O)C=C4CCC3C1CC[C@@H]2OC(=O)OC(Cl)C(Cl)(Cl)Cl. The van der Waals surface area contributed by atoms with Gasteiger partial charge in [0.05, 0.1) is 0 Å². The van der Waals surface area contributed by atoms with E-state index >= 15 is 0 Å². The Balaban J connectivity index is 1.43. The van der Waals surface area contributed by atoms with Crippen LogP contribution in [-0.4, -0.2) is 26.7 Å². The number of allylic oxidation sites excluding steroid dienone is 3. The fourth-order valence-corrected chi connectivity index (χ4v) is 6.67. The fraction of sp³-hybridized carbons (Fsp3) is 0.762. The van der Waals surface area contributed by atoms with Gasteiger partial charge in [-0.15, -0.1) is 0 Å². The molecule has 0 amide bonds. The average Bonchev–Trinajstić information content (AvgIpc) is 2.96. The van der Waals surface area contributed by atoms with E-state index < -0.39 is 15.5 Å². The number of aliphatic hydroxyl groups excluding tert-OH is 1. The molecule has 3 saturated carbocycles. The third-order valence-electron chi connectivity index (χ3n) is 7.77. The molecule has 0 aliphatic heterocycles. The Morgan fingerprint density at radius 2 is 2.00 bits per heavy atom. The van der Waals surface area contributed by atoms with Gasteiger partial charge in [0.25, 0.3) is 0 Å². The van der Waals surface area contributed by atoms with Gasteiger partial charge in [0, 0.05) is 5.41 Å². The van der Waals surface area contributed by atoms with Crippen molar-refractivity contribution >= 4 is 52.6 Å². The molecular formula is C21H26Cl4O4. The lowest BCUT2D eigenvalue weighted by atomic mass is 9.52. The van der Waals surface area contributed by atoms with E-state index in [4.69, 9.17) is 55.9 Å². The van der Waals surface area contributed by atoms with Crippen LogP contribution in [0.5, 0.6) is 0 Å². The molecule has 3 fully saturated rings. The first-order valence-electron chi connectivity index (χ1n) is 10.3.